The zero-order valence-corrected chi connectivity index (χ0v) is 7.76. The van der Waals surface area contributed by atoms with Crippen molar-refractivity contribution < 1.29 is 9.53 Å². The Morgan fingerprint density at radius 3 is 3.46 bits per heavy atom. The van der Waals surface area contributed by atoms with E-state index in [-0.39, 0.29) is 18.2 Å². The van der Waals surface area contributed by atoms with Crippen LogP contribution < -0.4 is 5.32 Å². The summed E-state index contributed by atoms with van der Waals surface area (Å²) in [5, 5.41) is 4.89. The maximum absolute atomic E-state index is 11.1. The quantitative estimate of drug-likeness (QED) is 0.686. The molecular formula is C9H9NO2S. The number of thiophene rings is 1. The van der Waals surface area contributed by atoms with Crippen molar-refractivity contribution in [3.8, 4) is 0 Å². The second-order valence-corrected chi connectivity index (χ2v) is 4.47. The molecule has 1 aliphatic heterocycles. The lowest BCUT2D eigenvalue weighted by Gasteiger charge is -2.34. The van der Waals surface area contributed by atoms with Crippen LogP contribution in [-0.4, -0.2) is 12.1 Å². The third-order valence-electron chi connectivity index (χ3n) is 2.63. The summed E-state index contributed by atoms with van der Waals surface area (Å²) in [5.74, 6) is 0. The van der Waals surface area contributed by atoms with E-state index in [2.05, 4.69) is 16.8 Å². The van der Waals surface area contributed by atoms with Crippen molar-refractivity contribution in [2.75, 3.05) is 0 Å². The molecule has 2 aliphatic rings. The summed E-state index contributed by atoms with van der Waals surface area (Å²) < 4.78 is 5.20. The summed E-state index contributed by atoms with van der Waals surface area (Å²) in [7, 11) is 0. The first-order chi connectivity index (χ1) is 6.33. The number of ether oxygens (including phenoxy) is 1. The SMILES string of the molecule is O=C1NC2Cc3sccc3C(C2)O1. The molecule has 2 atom stereocenters. The maximum Gasteiger partial charge on any atom is 0.407 e. The molecule has 13 heavy (non-hydrogen) atoms. The molecule has 68 valence electrons. The van der Waals surface area contributed by atoms with E-state index in [1.54, 1.807) is 11.3 Å². The molecule has 1 amide bonds. The first kappa shape index (κ1) is 7.38. The zero-order chi connectivity index (χ0) is 8.84. The summed E-state index contributed by atoms with van der Waals surface area (Å²) in [4.78, 5) is 12.4. The standard InChI is InChI=1S/C9H9NO2S/c11-9-10-5-3-7(12-9)6-1-2-13-8(6)4-5/h1-2,5,7H,3-4H2,(H,10,11). The number of hydrogen-bond acceptors (Lipinski definition) is 3. The van der Waals surface area contributed by atoms with E-state index >= 15 is 0 Å². The van der Waals surface area contributed by atoms with Gasteiger partial charge < -0.3 is 10.1 Å². The minimum Gasteiger partial charge on any atom is -0.441 e. The number of carbonyl (C=O) groups is 1. The Morgan fingerprint density at radius 1 is 1.62 bits per heavy atom. The molecule has 2 unspecified atom stereocenters. The van der Waals surface area contributed by atoms with Crippen molar-refractivity contribution in [3.63, 3.8) is 0 Å². The highest BCUT2D eigenvalue weighted by atomic mass is 32.1. The van der Waals surface area contributed by atoms with Gasteiger partial charge in [-0.1, -0.05) is 0 Å². The van der Waals surface area contributed by atoms with Crippen LogP contribution in [0.3, 0.4) is 0 Å². The number of fused-ring (bicyclic) bond motifs is 4. The average molecular weight is 195 g/mol. The van der Waals surface area contributed by atoms with Crippen LogP contribution >= 0.6 is 11.3 Å². The monoisotopic (exact) mass is 195 g/mol. The van der Waals surface area contributed by atoms with Gasteiger partial charge >= 0.3 is 6.09 Å². The molecule has 1 aromatic heterocycles. The van der Waals surface area contributed by atoms with Crippen molar-refractivity contribution in [1.82, 2.24) is 5.32 Å². The Morgan fingerprint density at radius 2 is 2.54 bits per heavy atom. The van der Waals surface area contributed by atoms with Crippen LogP contribution in [-0.2, 0) is 11.2 Å². The first-order valence-electron chi connectivity index (χ1n) is 4.36. The predicted molar refractivity (Wildman–Crippen MR) is 48.8 cm³/mol. The van der Waals surface area contributed by atoms with Gasteiger partial charge in [-0.25, -0.2) is 4.79 Å². The van der Waals surface area contributed by atoms with E-state index < -0.39 is 0 Å². The highest BCUT2D eigenvalue weighted by Crippen LogP contribution is 2.37. The van der Waals surface area contributed by atoms with Gasteiger partial charge in [-0.3, -0.25) is 0 Å². The van der Waals surface area contributed by atoms with Gasteiger partial charge in [0.1, 0.15) is 6.10 Å². The lowest BCUT2D eigenvalue weighted by molar-refractivity contribution is 0.0524. The Balaban J connectivity index is 2.04. The first-order valence-corrected chi connectivity index (χ1v) is 5.24. The lowest BCUT2D eigenvalue weighted by Crippen LogP contribution is -2.46. The highest BCUT2D eigenvalue weighted by Gasteiger charge is 2.35. The summed E-state index contributed by atoms with van der Waals surface area (Å²) in [6.07, 6.45) is 1.64. The number of rotatable bonds is 0. The largest absolute Gasteiger partial charge is 0.441 e. The number of nitrogens with one attached hydrogen (secondary N) is 1. The molecule has 0 spiro atoms. The van der Waals surface area contributed by atoms with Gasteiger partial charge in [-0.2, -0.15) is 0 Å². The highest BCUT2D eigenvalue weighted by molar-refractivity contribution is 7.10. The summed E-state index contributed by atoms with van der Waals surface area (Å²) >= 11 is 1.75. The fourth-order valence-electron chi connectivity index (χ4n) is 2.05. The summed E-state index contributed by atoms with van der Waals surface area (Å²) in [6.45, 7) is 0. The number of alkyl carbamates (subject to hydrolysis) is 1. The van der Waals surface area contributed by atoms with Crippen LogP contribution in [0.1, 0.15) is 23.0 Å². The van der Waals surface area contributed by atoms with Crippen molar-refractivity contribution >= 4 is 17.4 Å². The Kier molecular flexibility index (Phi) is 1.41. The number of hydrogen-bond donors (Lipinski definition) is 1. The molecule has 3 rings (SSSR count). The van der Waals surface area contributed by atoms with Crippen LogP contribution in [0.15, 0.2) is 11.4 Å². The van der Waals surface area contributed by atoms with E-state index in [0.29, 0.717) is 0 Å². The van der Waals surface area contributed by atoms with E-state index in [1.807, 2.05) is 0 Å². The van der Waals surface area contributed by atoms with Crippen LogP contribution in [0.5, 0.6) is 0 Å². The van der Waals surface area contributed by atoms with E-state index in [0.717, 1.165) is 12.8 Å². The second kappa shape index (κ2) is 2.48. The average Bonchev–Trinajstić information content (AvgIpc) is 2.50. The Labute approximate surface area is 79.7 Å². The molecule has 0 saturated carbocycles. The van der Waals surface area contributed by atoms with Crippen molar-refractivity contribution in [2.45, 2.75) is 25.0 Å². The van der Waals surface area contributed by atoms with Gasteiger partial charge in [-0.15, -0.1) is 11.3 Å². The molecule has 0 aromatic carbocycles. The van der Waals surface area contributed by atoms with Gasteiger partial charge in [0.05, 0.1) is 0 Å². The minimum atomic E-state index is -0.266. The third kappa shape index (κ3) is 1.05. The van der Waals surface area contributed by atoms with Crippen LogP contribution in [0, 0.1) is 0 Å². The van der Waals surface area contributed by atoms with Crippen LogP contribution in [0.2, 0.25) is 0 Å². The van der Waals surface area contributed by atoms with Crippen molar-refractivity contribution in [2.24, 2.45) is 0 Å². The smallest absolute Gasteiger partial charge is 0.407 e. The Bertz CT molecular complexity index is 360. The number of carbonyl (C=O) groups excluding carboxylic acids is 1. The third-order valence-corrected chi connectivity index (χ3v) is 3.59. The van der Waals surface area contributed by atoms with Gasteiger partial charge in [0, 0.05) is 29.3 Å². The molecular weight excluding hydrogens is 186 g/mol. The molecule has 2 heterocycles. The molecule has 1 fully saturated rings. The van der Waals surface area contributed by atoms with Gasteiger partial charge in [0.2, 0.25) is 0 Å². The fraction of sp³-hybridized carbons (Fsp3) is 0.444. The van der Waals surface area contributed by atoms with Gasteiger partial charge in [0.15, 0.2) is 0 Å². The molecule has 4 heteroatoms. The van der Waals surface area contributed by atoms with Crippen LogP contribution in [0.25, 0.3) is 0 Å². The van der Waals surface area contributed by atoms with Gasteiger partial charge in [-0.05, 0) is 11.4 Å². The lowest BCUT2D eigenvalue weighted by atomic mass is 9.91. The predicted octanol–water partition coefficient (Wildman–Crippen LogP) is 1.84. The molecule has 0 radical (unpaired) electrons. The van der Waals surface area contributed by atoms with E-state index in [4.69, 9.17) is 4.74 Å². The fourth-order valence-corrected chi connectivity index (χ4v) is 3.06. The topological polar surface area (TPSA) is 38.3 Å². The van der Waals surface area contributed by atoms with Crippen molar-refractivity contribution in [3.05, 3.63) is 21.9 Å². The van der Waals surface area contributed by atoms with Gasteiger partial charge in [0.25, 0.3) is 0 Å². The minimum absolute atomic E-state index is 0.00810. The second-order valence-electron chi connectivity index (χ2n) is 3.47. The molecule has 2 bridgehead atoms. The number of amides is 1. The van der Waals surface area contributed by atoms with E-state index in [9.17, 15) is 4.79 Å². The van der Waals surface area contributed by atoms with E-state index in [1.165, 1.54) is 10.4 Å². The molecule has 1 saturated heterocycles. The summed E-state index contributed by atoms with van der Waals surface area (Å²) in [5.41, 5.74) is 1.22. The molecule has 3 nitrogen and oxygen atoms in total. The zero-order valence-electron chi connectivity index (χ0n) is 6.95. The normalized spacial score (nSPS) is 30.3. The molecule has 1 aliphatic carbocycles. The summed E-state index contributed by atoms with van der Waals surface area (Å²) in [6, 6.07) is 2.36. The Hall–Kier alpha value is -1.03. The van der Waals surface area contributed by atoms with Crippen LogP contribution in [0.4, 0.5) is 4.79 Å². The molecule has 1 aromatic rings. The van der Waals surface area contributed by atoms with Crippen molar-refractivity contribution in [1.29, 1.82) is 0 Å². The maximum atomic E-state index is 11.1. The molecule has 1 N–H and O–H groups in total.